The van der Waals surface area contributed by atoms with Gasteiger partial charge in [0.25, 0.3) is 5.91 Å². The van der Waals surface area contributed by atoms with Crippen LogP contribution in [0.15, 0.2) is 59.5 Å². The molecule has 0 radical (unpaired) electrons. The number of aliphatic carboxylic acids is 1. The molecule has 0 saturated carbocycles. The number of carbonyl (C=O) groups is 2. The van der Waals surface area contributed by atoms with Gasteiger partial charge in [0.1, 0.15) is 18.4 Å². The summed E-state index contributed by atoms with van der Waals surface area (Å²) in [6.45, 7) is 1.98. The molecule has 8 nitrogen and oxygen atoms in total. The van der Waals surface area contributed by atoms with Gasteiger partial charge in [0.2, 0.25) is 10.0 Å². The van der Waals surface area contributed by atoms with Crippen LogP contribution in [0.2, 0.25) is 0 Å². The molecule has 1 fully saturated rings. The van der Waals surface area contributed by atoms with E-state index in [1.54, 1.807) is 37.3 Å². The molecule has 1 unspecified atom stereocenters. The second-order valence-corrected chi connectivity index (χ2v) is 8.99. The molecule has 32 heavy (non-hydrogen) atoms. The van der Waals surface area contributed by atoms with Crippen LogP contribution in [0.4, 0.5) is 0 Å². The predicted octanol–water partition coefficient (Wildman–Crippen LogP) is 2.08. The summed E-state index contributed by atoms with van der Waals surface area (Å²) in [5.74, 6) is 4.39. The first kappa shape index (κ1) is 23.3. The Morgan fingerprint density at radius 1 is 1.06 bits per heavy atom. The number of sulfonamides is 1. The Kier molecular flexibility index (Phi) is 7.51. The minimum Gasteiger partial charge on any atom is -0.481 e. The largest absolute Gasteiger partial charge is 0.481 e. The molecule has 1 aliphatic rings. The van der Waals surface area contributed by atoms with Crippen LogP contribution in [-0.2, 0) is 14.8 Å². The highest BCUT2D eigenvalue weighted by Crippen LogP contribution is 2.25. The molecule has 0 aliphatic carbocycles. The van der Waals surface area contributed by atoms with E-state index < -0.39 is 22.0 Å². The quantitative estimate of drug-likeness (QED) is 0.668. The fourth-order valence-corrected chi connectivity index (χ4v) is 5.05. The molecule has 1 atom stereocenters. The van der Waals surface area contributed by atoms with Crippen molar-refractivity contribution in [2.45, 2.75) is 24.3 Å². The summed E-state index contributed by atoms with van der Waals surface area (Å²) in [5, 5.41) is 9.71. The van der Waals surface area contributed by atoms with Crippen LogP contribution in [0, 0.1) is 11.8 Å². The lowest BCUT2D eigenvalue weighted by Gasteiger charge is -2.25. The van der Waals surface area contributed by atoms with Gasteiger partial charge in [-0.2, -0.15) is 4.31 Å². The molecule has 1 aliphatic heterocycles. The molecule has 1 amide bonds. The van der Waals surface area contributed by atoms with Gasteiger partial charge in [0, 0.05) is 25.2 Å². The van der Waals surface area contributed by atoms with Gasteiger partial charge in [-0.15, -0.1) is 5.92 Å². The van der Waals surface area contributed by atoms with Crippen molar-refractivity contribution in [2.75, 3.05) is 26.2 Å². The summed E-state index contributed by atoms with van der Waals surface area (Å²) in [7, 11) is -4.10. The normalized spacial score (nSPS) is 17.0. The van der Waals surface area contributed by atoms with Crippen molar-refractivity contribution in [2.24, 2.45) is 0 Å². The van der Waals surface area contributed by atoms with Gasteiger partial charge in [-0.05, 0) is 49.7 Å². The second kappa shape index (κ2) is 10.3. The van der Waals surface area contributed by atoms with Crippen LogP contribution < -0.4 is 4.74 Å². The van der Waals surface area contributed by atoms with E-state index in [-0.39, 0.29) is 43.5 Å². The molecular formula is C23H24N2O6S. The standard InChI is InChI=1S/C23H24N2O6S/c1-2-3-17-31-19-9-11-20(12-10-19)32(29,30)25-16-15-24(14-13-21(25)23(27)28)22(26)18-7-5-4-6-8-18/h4-12,21H,13-17H2,1H3,(H,27,28). The van der Waals surface area contributed by atoms with E-state index in [1.807, 2.05) is 0 Å². The third-order valence-corrected chi connectivity index (χ3v) is 7.04. The van der Waals surface area contributed by atoms with Crippen LogP contribution in [0.1, 0.15) is 23.7 Å². The number of carboxylic acid groups (broad SMARTS) is 1. The lowest BCUT2D eigenvalue weighted by molar-refractivity contribution is -0.141. The van der Waals surface area contributed by atoms with Crippen molar-refractivity contribution in [3.63, 3.8) is 0 Å². The number of ether oxygens (including phenoxy) is 1. The van der Waals surface area contributed by atoms with Crippen LogP contribution in [-0.4, -0.2) is 66.9 Å². The average molecular weight is 457 g/mol. The molecule has 0 aromatic heterocycles. The van der Waals surface area contributed by atoms with Crippen molar-refractivity contribution >= 4 is 21.9 Å². The molecule has 1 saturated heterocycles. The smallest absolute Gasteiger partial charge is 0.322 e. The van der Waals surface area contributed by atoms with E-state index >= 15 is 0 Å². The van der Waals surface area contributed by atoms with Crippen molar-refractivity contribution in [1.82, 2.24) is 9.21 Å². The molecule has 1 N–H and O–H groups in total. The summed E-state index contributed by atoms with van der Waals surface area (Å²) in [6.07, 6.45) is -0.00990. The van der Waals surface area contributed by atoms with Crippen LogP contribution >= 0.6 is 0 Å². The Bertz CT molecular complexity index is 1120. The number of nitrogens with zero attached hydrogens (tertiary/aromatic N) is 2. The molecular weight excluding hydrogens is 432 g/mol. The maximum Gasteiger partial charge on any atom is 0.322 e. The van der Waals surface area contributed by atoms with Gasteiger partial charge in [-0.25, -0.2) is 8.42 Å². The van der Waals surface area contributed by atoms with Gasteiger partial charge < -0.3 is 14.7 Å². The molecule has 2 aromatic carbocycles. The van der Waals surface area contributed by atoms with E-state index in [4.69, 9.17) is 4.74 Å². The Hall–Kier alpha value is -3.35. The number of benzene rings is 2. The Morgan fingerprint density at radius 3 is 2.38 bits per heavy atom. The fourth-order valence-electron chi connectivity index (χ4n) is 3.44. The van der Waals surface area contributed by atoms with Crippen molar-refractivity contribution in [1.29, 1.82) is 0 Å². The van der Waals surface area contributed by atoms with Gasteiger partial charge in [-0.1, -0.05) is 24.1 Å². The summed E-state index contributed by atoms with van der Waals surface area (Å²) in [4.78, 5) is 26.1. The molecule has 1 heterocycles. The second-order valence-electron chi connectivity index (χ2n) is 7.10. The predicted molar refractivity (Wildman–Crippen MR) is 118 cm³/mol. The van der Waals surface area contributed by atoms with Crippen molar-refractivity contribution in [3.05, 3.63) is 60.2 Å². The number of carbonyl (C=O) groups excluding carboxylic acids is 1. The summed E-state index contributed by atoms with van der Waals surface area (Å²) in [5.41, 5.74) is 0.471. The lowest BCUT2D eigenvalue weighted by atomic mass is 10.2. The first-order valence-electron chi connectivity index (χ1n) is 10.1. The maximum atomic E-state index is 13.3. The average Bonchev–Trinajstić information content (AvgIpc) is 3.04. The van der Waals surface area contributed by atoms with Crippen LogP contribution in [0.5, 0.6) is 5.75 Å². The van der Waals surface area contributed by atoms with E-state index in [9.17, 15) is 23.1 Å². The minimum absolute atomic E-state index is 0.00990. The fraction of sp³-hybridized carbons (Fsp3) is 0.304. The van der Waals surface area contributed by atoms with Crippen LogP contribution in [0.3, 0.4) is 0 Å². The van der Waals surface area contributed by atoms with Gasteiger partial charge >= 0.3 is 5.97 Å². The molecule has 9 heteroatoms. The summed E-state index contributed by atoms with van der Waals surface area (Å²) < 4.78 is 32.9. The summed E-state index contributed by atoms with van der Waals surface area (Å²) >= 11 is 0. The van der Waals surface area contributed by atoms with E-state index in [0.29, 0.717) is 11.3 Å². The highest BCUT2D eigenvalue weighted by Gasteiger charge is 2.38. The maximum absolute atomic E-state index is 13.3. The lowest BCUT2D eigenvalue weighted by Crippen LogP contribution is -2.45. The Labute approximate surface area is 187 Å². The zero-order valence-corrected chi connectivity index (χ0v) is 18.4. The monoisotopic (exact) mass is 456 g/mol. The van der Waals surface area contributed by atoms with Crippen molar-refractivity contribution in [3.8, 4) is 17.6 Å². The highest BCUT2D eigenvalue weighted by atomic mass is 32.2. The zero-order valence-electron chi connectivity index (χ0n) is 17.6. The number of hydrogen-bond acceptors (Lipinski definition) is 5. The minimum atomic E-state index is -4.10. The van der Waals surface area contributed by atoms with Gasteiger partial charge in [0.15, 0.2) is 0 Å². The zero-order chi connectivity index (χ0) is 23.1. The SMILES string of the molecule is CC#CCOc1ccc(S(=O)(=O)N2CCN(C(=O)c3ccccc3)CCC2C(=O)O)cc1. The molecule has 2 aromatic rings. The van der Waals surface area contributed by atoms with E-state index in [1.165, 1.54) is 29.2 Å². The first-order valence-corrected chi connectivity index (χ1v) is 11.5. The molecule has 0 bridgehead atoms. The van der Waals surface area contributed by atoms with Gasteiger partial charge in [0.05, 0.1) is 4.90 Å². The van der Waals surface area contributed by atoms with E-state index in [0.717, 1.165) is 4.31 Å². The van der Waals surface area contributed by atoms with Crippen molar-refractivity contribution < 1.29 is 27.9 Å². The topological polar surface area (TPSA) is 104 Å². The Morgan fingerprint density at radius 2 is 1.75 bits per heavy atom. The summed E-state index contributed by atoms with van der Waals surface area (Å²) in [6, 6.07) is 13.1. The number of hydrogen-bond donors (Lipinski definition) is 1. The highest BCUT2D eigenvalue weighted by molar-refractivity contribution is 7.89. The van der Waals surface area contributed by atoms with Gasteiger partial charge in [-0.3, -0.25) is 9.59 Å². The first-order chi connectivity index (χ1) is 15.3. The molecule has 3 rings (SSSR count). The third-order valence-electron chi connectivity index (χ3n) is 5.12. The molecule has 168 valence electrons. The van der Waals surface area contributed by atoms with Crippen LogP contribution in [0.25, 0.3) is 0 Å². The Balaban J connectivity index is 1.81. The van der Waals surface area contributed by atoms with E-state index in [2.05, 4.69) is 11.8 Å². The molecule has 0 spiro atoms. The third kappa shape index (κ3) is 5.28. The number of rotatable bonds is 6. The number of carboxylic acids is 1. The number of amides is 1.